The monoisotopic (exact) mass is 389 g/mol. The fourth-order valence-corrected chi connectivity index (χ4v) is 2.61. The molecule has 0 bridgehead atoms. The van der Waals surface area contributed by atoms with E-state index >= 15 is 0 Å². The van der Waals surface area contributed by atoms with Gasteiger partial charge in [-0.05, 0) is 42.5 Å². The first kappa shape index (κ1) is 18.0. The van der Waals surface area contributed by atoms with E-state index in [1.807, 2.05) is 0 Å². The second-order valence-electron chi connectivity index (χ2n) is 5.27. The summed E-state index contributed by atoms with van der Waals surface area (Å²) in [6, 6.07) is 11.1. The maximum atomic E-state index is 12.4. The molecule has 0 saturated carbocycles. The quantitative estimate of drug-likeness (QED) is 0.685. The first-order chi connectivity index (χ1) is 12.5. The number of furan rings is 1. The van der Waals surface area contributed by atoms with E-state index in [1.165, 1.54) is 30.7 Å². The number of hydrogen-bond acceptors (Lipinski definition) is 4. The molecule has 0 aliphatic rings. The minimum absolute atomic E-state index is 0.0849. The molecule has 0 radical (unpaired) electrons. The van der Waals surface area contributed by atoms with Crippen LogP contribution in [0, 0.1) is 0 Å². The molecule has 2 aromatic heterocycles. The summed E-state index contributed by atoms with van der Waals surface area (Å²) in [5.41, 5.74) is 0.788. The van der Waals surface area contributed by atoms with Crippen molar-refractivity contribution in [3.8, 4) is 0 Å². The standard InChI is InChI=1S/C18H13Cl2N3O3/c19-12-3-4-15(14(20)9-12)23-18(25)16-8-11(5-6-21-16)17(24)22-10-13-2-1-7-26-13/h1-9H,10H2,(H,22,24)(H,23,25). The van der Waals surface area contributed by atoms with Gasteiger partial charge >= 0.3 is 0 Å². The lowest BCUT2D eigenvalue weighted by Crippen LogP contribution is -2.23. The van der Waals surface area contributed by atoms with Crippen LogP contribution in [0.1, 0.15) is 26.6 Å². The van der Waals surface area contributed by atoms with E-state index in [0.29, 0.717) is 27.1 Å². The Kier molecular flexibility index (Phi) is 5.55. The van der Waals surface area contributed by atoms with Gasteiger partial charge in [0, 0.05) is 16.8 Å². The molecule has 132 valence electrons. The fourth-order valence-electron chi connectivity index (χ4n) is 2.16. The number of rotatable bonds is 5. The Bertz CT molecular complexity index is 943. The van der Waals surface area contributed by atoms with Crippen LogP contribution in [0.3, 0.4) is 0 Å². The number of hydrogen-bond donors (Lipinski definition) is 2. The highest BCUT2D eigenvalue weighted by atomic mass is 35.5. The highest BCUT2D eigenvalue weighted by Gasteiger charge is 2.13. The Hall–Kier alpha value is -2.83. The Morgan fingerprint density at radius 3 is 2.65 bits per heavy atom. The summed E-state index contributed by atoms with van der Waals surface area (Å²) in [7, 11) is 0. The first-order valence-electron chi connectivity index (χ1n) is 7.56. The number of nitrogens with one attached hydrogen (secondary N) is 2. The Morgan fingerprint density at radius 1 is 1.08 bits per heavy atom. The number of carbonyl (C=O) groups is 2. The van der Waals surface area contributed by atoms with Gasteiger partial charge in [0.25, 0.3) is 11.8 Å². The average Bonchev–Trinajstić information content (AvgIpc) is 3.15. The number of amides is 2. The van der Waals surface area contributed by atoms with Crippen molar-refractivity contribution in [3.05, 3.63) is 82.0 Å². The normalized spacial score (nSPS) is 10.4. The second kappa shape index (κ2) is 8.03. The smallest absolute Gasteiger partial charge is 0.274 e. The van der Waals surface area contributed by atoms with Crippen molar-refractivity contribution in [1.29, 1.82) is 0 Å². The van der Waals surface area contributed by atoms with Gasteiger partial charge in [0.2, 0.25) is 0 Å². The third-order valence-electron chi connectivity index (χ3n) is 3.44. The van der Waals surface area contributed by atoms with Gasteiger partial charge in [-0.2, -0.15) is 0 Å². The van der Waals surface area contributed by atoms with Crippen LogP contribution >= 0.6 is 23.2 Å². The topological polar surface area (TPSA) is 84.2 Å². The summed E-state index contributed by atoms with van der Waals surface area (Å²) in [5.74, 6) is -0.208. The summed E-state index contributed by atoms with van der Waals surface area (Å²) >= 11 is 11.9. The molecule has 0 saturated heterocycles. The number of aromatic nitrogens is 1. The van der Waals surface area contributed by atoms with Gasteiger partial charge in [-0.3, -0.25) is 14.6 Å². The van der Waals surface area contributed by atoms with Crippen molar-refractivity contribution in [1.82, 2.24) is 10.3 Å². The van der Waals surface area contributed by atoms with Crippen molar-refractivity contribution in [2.45, 2.75) is 6.54 Å². The summed E-state index contributed by atoms with van der Waals surface area (Å²) < 4.78 is 5.15. The van der Waals surface area contributed by atoms with Gasteiger partial charge in [0.05, 0.1) is 23.5 Å². The molecule has 0 aliphatic heterocycles. The lowest BCUT2D eigenvalue weighted by atomic mass is 10.2. The average molecular weight is 390 g/mol. The summed E-state index contributed by atoms with van der Waals surface area (Å²) in [6.45, 7) is 0.246. The highest BCUT2D eigenvalue weighted by Crippen LogP contribution is 2.25. The third kappa shape index (κ3) is 4.41. The van der Waals surface area contributed by atoms with Crippen LogP contribution in [0.4, 0.5) is 5.69 Å². The molecule has 0 aliphatic carbocycles. The lowest BCUT2D eigenvalue weighted by molar-refractivity contribution is 0.0948. The number of carbonyl (C=O) groups excluding carboxylic acids is 2. The summed E-state index contributed by atoms with van der Waals surface area (Å²) in [6.07, 6.45) is 2.92. The van der Waals surface area contributed by atoms with Crippen LogP contribution in [0.15, 0.2) is 59.3 Å². The SMILES string of the molecule is O=C(NCc1ccco1)c1ccnc(C(=O)Nc2ccc(Cl)cc2Cl)c1. The molecule has 3 rings (SSSR count). The van der Waals surface area contributed by atoms with Crippen LogP contribution in [-0.2, 0) is 6.54 Å². The van der Waals surface area contributed by atoms with Crippen molar-refractivity contribution in [2.24, 2.45) is 0 Å². The van der Waals surface area contributed by atoms with Crippen LogP contribution in [-0.4, -0.2) is 16.8 Å². The summed E-state index contributed by atoms with van der Waals surface area (Å²) in [4.78, 5) is 28.6. The number of benzene rings is 1. The first-order valence-corrected chi connectivity index (χ1v) is 8.31. The molecule has 2 heterocycles. The molecule has 2 N–H and O–H groups in total. The molecule has 0 atom stereocenters. The van der Waals surface area contributed by atoms with E-state index in [4.69, 9.17) is 27.6 Å². The largest absolute Gasteiger partial charge is 0.467 e. The minimum Gasteiger partial charge on any atom is -0.467 e. The van der Waals surface area contributed by atoms with Gasteiger partial charge < -0.3 is 15.1 Å². The predicted molar refractivity (Wildman–Crippen MR) is 98.5 cm³/mol. The molecule has 0 unspecified atom stereocenters. The van der Waals surface area contributed by atoms with Crippen molar-refractivity contribution in [2.75, 3.05) is 5.32 Å². The molecule has 6 nitrogen and oxygen atoms in total. The lowest BCUT2D eigenvalue weighted by Gasteiger charge is -2.08. The third-order valence-corrected chi connectivity index (χ3v) is 3.99. The van der Waals surface area contributed by atoms with Crippen molar-refractivity contribution < 1.29 is 14.0 Å². The number of nitrogens with zero attached hydrogens (tertiary/aromatic N) is 1. The molecule has 0 spiro atoms. The minimum atomic E-state index is -0.491. The van der Waals surface area contributed by atoms with Crippen LogP contribution in [0.25, 0.3) is 0 Å². The van der Waals surface area contributed by atoms with Crippen LogP contribution < -0.4 is 10.6 Å². The molecular weight excluding hydrogens is 377 g/mol. The molecular formula is C18H13Cl2N3O3. The zero-order chi connectivity index (χ0) is 18.5. The van der Waals surface area contributed by atoms with Crippen LogP contribution in [0.5, 0.6) is 0 Å². The van der Waals surface area contributed by atoms with Gasteiger partial charge in [-0.1, -0.05) is 23.2 Å². The predicted octanol–water partition coefficient (Wildman–Crippen LogP) is 4.16. The molecule has 8 heteroatoms. The fraction of sp³-hybridized carbons (Fsp3) is 0.0556. The highest BCUT2D eigenvalue weighted by molar-refractivity contribution is 6.36. The zero-order valence-corrected chi connectivity index (χ0v) is 14.8. The Labute approximate surface area is 159 Å². The molecule has 1 aromatic carbocycles. The zero-order valence-electron chi connectivity index (χ0n) is 13.3. The van der Waals surface area contributed by atoms with E-state index in [-0.39, 0.29) is 18.1 Å². The van der Waals surface area contributed by atoms with Gasteiger partial charge in [-0.25, -0.2) is 0 Å². The van der Waals surface area contributed by atoms with Crippen LogP contribution in [0.2, 0.25) is 10.0 Å². The van der Waals surface area contributed by atoms with E-state index in [9.17, 15) is 9.59 Å². The Morgan fingerprint density at radius 2 is 1.92 bits per heavy atom. The number of anilines is 1. The van der Waals surface area contributed by atoms with Crippen molar-refractivity contribution >= 4 is 40.7 Å². The van der Waals surface area contributed by atoms with Gasteiger partial charge in [0.15, 0.2) is 0 Å². The van der Waals surface area contributed by atoms with E-state index < -0.39 is 5.91 Å². The van der Waals surface area contributed by atoms with E-state index in [1.54, 1.807) is 24.3 Å². The second-order valence-corrected chi connectivity index (χ2v) is 6.11. The van der Waals surface area contributed by atoms with Crippen molar-refractivity contribution in [3.63, 3.8) is 0 Å². The molecule has 0 fully saturated rings. The van der Waals surface area contributed by atoms with Gasteiger partial charge in [0.1, 0.15) is 11.5 Å². The summed E-state index contributed by atoms with van der Waals surface area (Å²) in [5, 5.41) is 6.10. The van der Waals surface area contributed by atoms with Gasteiger partial charge in [-0.15, -0.1) is 0 Å². The number of pyridine rings is 1. The molecule has 2 amide bonds. The molecule has 26 heavy (non-hydrogen) atoms. The van der Waals surface area contributed by atoms with E-state index in [0.717, 1.165) is 0 Å². The maximum Gasteiger partial charge on any atom is 0.274 e. The number of halogens is 2. The van der Waals surface area contributed by atoms with E-state index in [2.05, 4.69) is 15.6 Å². The molecule has 3 aromatic rings. The Balaban J connectivity index is 1.69. The maximum absolute atomic E-state index is 12.4.